The zero-order chi connectivity index (χ0) is 21.6. The van der Waals surface area contributed by atoms with E-state index in [0.29, 0.717) is 22.0 Å². The van der Waals surface area contributed by atoms with E-state index in [4.69, 9.17) is 9.47 Å². The number of carbonyl (C=O) groups excluding carboxylic acids is 1. The Bertz CT molecular complexity index is 1250. The van der Waals surface area contributed by atoms with Gasteiger partial charge in [-0.15, -0.1) is 0 Å². The predicted octanol–water partition coefficient (Wildman–Crippen LogP) is 3.80. The first kappa shape index (κ1) is 21.1. The lowest BCUT2D eigenvalue weighted by atomic mass is 10.1. The lowest BCUT2D eigenvalue weighted by Gasteiger charge is -2.05. The minimum Gasteiger partial charge on any atom is -0.497 e. The van der Waals surface area contributed by atoms with Crippen LogP contribution in [0.4, 0.5) is 0 Å². The number of aromatic nitrogens is 1. The number of pyridine rings is 1. The minimum absolute atomic E-state index is 0.218. The molecule has 7 heteroatoms. The van der Waals surface area contributed by atoms with Crippen LogP contribution in [-0.2, 0) is 9.73 Å². The largest absolute Gasteiger partial charge is 0.497 e. The molecule has 1 amide bonds. The highest BCUT2D eigenvalue weighted by Gasteiger charge is 2.12. The van der Waals surface area contributed by atoms with Crippen LogP contribution in [0.15, 0.2) is 76.2 Å². The molecule has 0 aliphatic heterocycles. The van der Waals surface area contributed by atoms with Crippen molar-refractivity contribution in [3.8, 4) is 23.3 Å². The molecule has 0 saturated carbocycles. The van der Waals surface area contributed by atoms with Crippen LogP contribution in [0.5, 0.6) is 11.5 Å². The molecule has 1 unspecified atom stereocenters. The van der Waals surface area contributed by atoms with Crippen molar-refractivity contribution in [2.75, 3.05) is 20.5 Å². The molecule has 3 rings (SSSR count). The maximum absolute atomic E-state index is 12.9. The van der Waals surface area contributed by atoms with E-state index < -0.39 is 15.6 Å². The van der Waals surface area contributed by atoms with Gasteiger partial charge in [0.05, 0.1) is 29.5 Å². The Morgan fingerprint density at radius 1 is 0.933 bits per heavy atom. The monoisotopic (exact) mass is 420 g/mol. The van der Waals surface area contributed by atoms with Crippen LogP contribution >= 0.6 is 0 Å². The summed E-state index contributed by atoms with van der Waals surface area (Å²) in [6, 6.07) is 15.5. The Labute approximate surface area is 176 Å². The molecule has 1 aromatic heterocycles. The summed E-state index contributed by atoms with van der Waals surface area (Å²) in [4.78, 5) is 17.1. The average molecular weight is 420 g/mol. The second-order valence-electron chi connectivity index (χ2n) is 6.32. The topological polar surface area (TPSA) is 77.9 Å². The normalized spacial score (nSPS) is 12.1. The van der Waals surface area contributed by atoms with Crippen molar-refractivity contribution in [2.45, 2.75) is 4.90 Å². The molecule has 0 aliphatic carbocycles. The fourth-order valence-electron chi connectivity index (χ4n) is 2.56. The third-order valence-electron chi connectivity index (χ3n) is 4.16. The zero-order valence-corrected chi connectivity index (χ0v) is 17.6. The molecule has 30 heavy (non-hydrogen) atoms. The number of carbonyl (C=O) groups is 1. The van der Waals surface area contributed by atoms with Crippen LogP contribution in [0.1, 0.15) is 21.5 Å². The van der Waals surface area contributed by atoms with Crippen LogP contribution < -0.4 is 9.47 Å². The summed E-state index contributed by atoms with van der Waals surface area (Å²) < 4.78 is 27.1. The first-order valence-electron chi connectivity index (χ1n) is 8.93. The van der Waals surface area contributed by atoms with Crippen molar-refractivity contribution < 1.29 is 18.5 Å². The summed E-state index contributed by atoms with van der Waals surface area (Å²) in [5.41, 5.74) is 1.54. The molecule has 1 heterocycles. The molecule has 0 spiro atoms. The molecular formula is C23H20N2O4S. The molecule has 1 atom stereocenters. The molecule has 0 bridgehead atoms. The van der Waals surface area contributed by atoms with Gasteiger partial charge in [-0.25, -0.2) is 4.21 Å². The molecule has 2 aromatic carbocycles. The van der Waals surface area contributed by atoms with E-state index in [0.717, 1.165) is 5.56 Å². The molecule has 0 radical (unpaired) electrons. The molecule has 3 aromatic rings. The number of hydrogen-bond donors (Lipinski definition) is 0. The third kappa shape index (κ3) is 5.25. The fraction of sp³-hybridized carbons (Fsp3) is 0.130. The van der Waals surface area contributed by atoms with Gasteiger partial charge >= 0.3 is 0 Å². The predicted molar refractivity (Wildman–Crippen MR) is 115 cm³/mol. The summed E-state index contributed by atoms with van der Waals surface area (Å²) in [6.07, 6.45) is 4.36. The second kappa shape index (κ2) is 9.25. The minimum atomic E-state index is -2.92. The summed E-state index contributed by atoms with van der Waals surface area (Å²) in [5.74, 6) is 6.70. The first-order chi connectivity index (χ1) is 14.4. The van der Waals surface area contributed by atoms with Gasteiger partial charge in [0.2, 0.25) is 0 Å². The molecule has 0 saturated heterocycles. The Morgan fingerprint density at radius 3 is 2.33 bits per heavy atom. The fourth-order valence-corrected chi connectivity index (χ4v) is 3.73. The maximum Gasteiger partial charge on any atom is 0.286 e. The van der Waals surface area contributed by atoms with Gasteiger partial charge in [-0.2, -0.15) is 4.36 Å². The van der Waals surface area contributed by atoms with E-state index in [1.807, 2.05) is 24.3 Å². The number of hydrogen-bond acceptors (Lipinski definition) is 5. The lowest BCUT2D eigenvalue weighted by molar-refractivity contribution is 0.100. The number of benzene rings is 2. The van der Waals surface area contributed by atoms with Crippen LogP contribution in [0.25, 0.3) is 0 Å². The molecule has 0 N–H and O–H groups in total. The van der Waals surface area contributed by atoms with E-state index in [2.05, 4.69) is 21.2 Å². The Hall–Kier alpha value is -3.63. The number of nitrogens with zero attached hydrogens (tertiary/aromatic N) is 2. The van der Waals surface area contributed by atoms with Gasteiger partial charge in [0.15, 0.2) is 0 Å². The number of methoxy groups -OCH3 is 2. The van der Waals surface area contributed by atoms with Crippen molar-refractivity contribution >= 4 is 15.6 Å². The molecular weight excluding hydrogens is 400 g/mol. The molecule has 152 valence electrons. The van der Waals surface area contributed by atoms with Crippen molar-refractivity contribution in [3.63, 3.8) is 0 Å². The van der Waals surface area contributed by atoms with Gasteiger partial charge in [0.1, 0.15) is 11.5 Å². The summed E-state index contributed by atoms with van der Waals surface area (Å²) in [6.45, 7) is 0. The third-order valence-corrected chi connectivity index (χ3v) is 5.82. The van der Waals surface area contributed by atoms with Gasteiger partial charge in [0.25, 0.3) is 5.91 Å². The molecule has 6 nitrogen and oxygen atoms in total. The van der Waals surface area contributed by atoms with Crippen LogP contribution in [-0.4, -0.2) is 35.6 Å². The summed E-state index contributed by atoms with van der Waals surface area (Å²) in [7, 11) is 0.219. The summed E-state index contributed by atoms with van der Waals surface area (Å²) in [5, 5.41) is 0. The van der Waals surface area contributed by atoms with Crippen molar-refractivity contribution in [1.82, 2.24) is 4.98 Å². The first-order valence-corrected chi connectivity index (χ1v) is 10.9. The quantitative estimate of drug-likeness (QED) is 0.600. The van der Waals surface area contributed by atoms with Gasteiger partial charge in [-0.1, -0.05) is 17.9 Å². The Kier molecular flexibility index (Phi) is 6.50. The highest BCUT2D eigenvalue weighted by atomic mass is 32.2. The van der Waals surface area contributed by atoms with Crippen molar-refractivity contribution in [2.24, 2.45) is 4.36 Å². The molecule has 0 aliphatic rings. The van der Waals surface area contributed by atoms with Gasteiger partial charge < -0.3 is 9.47 Å². The highest BCUT2D eigenvalue weighted by Crippen LogP contribution is 2.18. The lowest BCUT2D eigenvalue weighted by Crippen LogP contribution is -2.04. The van der Waals surface area contributed by atoms with Crippen molar-refractivity contribution in [1.29, 1.82) is 0 Å². The summed E-state index contributed by atoms with van der Waals surface area (Å²) >= 11 is 0. The number of rotatable bonds is 4. The van der Waals surface area contributed by atoms with Crippen LogP contribution in [0.3, 0.4) is 0 Å². The molecule has 0 fully saturated rings. The standard InChI is InChI=1S/C23H20N2O4S/c1-28-20-9-11-22(12-10-20)30(3,27)25-23(26)19-13-18(15-24-16-19)8-7-17-5-4-6-21(14-17)29-2/h4-6,9-16H,1-3H3. The van der Waals surface area contributed by atoms with E-state index in [9.17, 15) is 9.00 Å². The van der Waals surface area contributed by atoms with E-state index in [1.54, 1.807) is 50.7 Å². The van der Waals surface area contributed by atoms with Crippen LogP contribution in [0, 0.1) is 11.8 Å². The van der Waals surface area contributed by atoms with Gasteiger partial charge in [-0.05, 0) is 48.5 Å². The average Bonchev–Trinajstić information content (AvgIpc) is 2.77. The Balaban J connectivity index is 1.86. The van der Waals surface area contributed by atoms with E-state index in [1.165, 1.54) is 12.5 Å². The van der Waals surface area contributed by atoms with Crippen LogP contribution in [0.2, 0.25) is 0 Å². The maximum atomic E-state index is 12.9. The van der Waals surface area contributed by atoms with Gasteiger partial charge in [-0.3, -0.25) is 9.78 Å². The SMILES string of the molecule is COc1ccc(S(C)(=O)=NC(=O)c2cncc(C#Cc3cccc(OC)c3)c2)cc1. The van der Waals surface area contributed by atoms with E-state index >= 15 is 0 Å². The van der Waals surface area contributed by atoms with E-state index in [-0.39, 0.29) is 5.56 Å². The second-order valence-corrected chi connectivity index (χ2v) is 8.58. The Morgan fingerprint density at radius 2 is 1.63 bits per heavy atom. The number of ether oxygens (including phenoxy) is 2. The van der Waals surface area contributed by atoms with Crippen molar-refractivity contribution in [3.05, 3.63) is 83.7 Å². The van der Waals surface area contributed by atoms with Gasteiger partial charge in [0, 0.05) is 34.7 Å². The number of amides is 1. The highest BCUT2D eigenvalue weighted by molar-refractivity contribution is 7.93. The smallest absolute Gasteiger partial charge is 0.286 e. The zero-order valence-electron chi connectivity index (χ0n) is 16.8.